The number of amides is 1. The fourth-order valence-corrected chi connectivity index (χ4v) is 3.63. The van der Waals surface area contributed by atoms with Gasteiger partial charge in [0.05, 0.1) is 5.69 Å². The Kier molecular flexibility index (Phi) is 4.33. The van der Waals surface area contributed by atoms with Crippen molar-refractivity contribution in [1.82, 2.24) is 14.3 Å². The van der Waals surface area contributed by atoms with Gasteiger partial charge in [0.2, 0.25) is 0 Å². The third kappa shape index (κ3) is 3.84. The summed E-state index contributed by atoms with van der Waals surface area (Å²) in [4.78, 5) is 19.5. The molecule has 1 aliphatic heterocycles. The van der Waals surface area contributed by atoms with Gasteiger partial charge in [0, 0.05) is 43.3 Å². The molecule has 23 heavy (non-hydrogen) atoms. The van der Waals surface area contributed by atoms with Crippen LogP contribution in [0.2, 0.25) is 0 Å². The number of carbonyl (C=O) groups excluding carboxylic acids is 1. The molecular weight excluding hydrogens is 312 g/mol. The Bertz CT molecular complexity index is 659. The lowest BCUT2D eigenvalue weighted by Crippen LogP contribution is -2.38. The summed E-state index contributed by atoms with van der Waals surface area (Å²) in [6, 6.07) is 0.00652. The number of imidazole rings is 1. The van der Waals surface area contributed by atoms with Gasteiger partial charge in [-0.3, -0.25) is 4.40 Å². The first-order valence-electron chi connectivity index (χ1n) is 7.96. The molecule has 6 nitrogen and oxygen atoms in total. The average molecular weight is 336 g/mol. The van der Waals surface area contributed by atoms with Gasteiger partial charge in [-0.25, -0.2) is 9.78 Å². The molecule has 2 aromatic rings. The highest BCUT2D eigenvalue weighted by Gasteiger charge is 2.32. The summed E-state index contributed by atoms with van der Waals surface area (Å²) < 4.78 is 7.45. The third-order valence-electron chi connectivity index (χ3n) is 4.07. The maximum atomic E-state index is 12.1. The van der Waals surface area contributed by atoms with Crippen LogP contribution in [0.5, 0.6) is 0 Å². The maximum Gasteiger partial charge on any atom is 0.410 e. The highest BCUT2D eigenvalue weighted by atomic mass is 32.1. The van der Waals surface area contributed by atoms with Crippen LogP contribution in [-0.2, 0) is 11.2 Å². The van der Waals surface area contributed by atoms with Gasteiger partial charge in [0.1, 0.15) is 5.60 Å². The molecule has 0 aliphatic carbocycles. The van der Waals surface area contributed by atoms with Crippen molar-refractivity contribution in [3.8, 4) is 0 Å². The predicted molar refractivity (Wildman–Crippen MR) is 90.7 cm³/mol. The second-order valence-electron chi connectivity index (χ2n) is 7.17. The zero-order valence-corrected chi connectivity index (χ0v) is 14.7. The van der Waals surface area contributed by atoms with Crippen molar-refractivity contribution in [2.45, 2.75) is 45.3 Å². The quantitative estimate of drug-likeness (QED) is 0.935. The molecule has 1 fully saturated rings. The summed E-state index contributed by atoms with van der Waals surface area (Å²) in [5, 5.41) is 2.02. The van der Waals surface area contributed by atoms with Crippen LogP contribution in [0.1, 0.15) is 32.9 Å². The molecule has 3 rings (SSSR count). The molecule has 0 bridgehead atoms. The Hall–Kier alpha value is -1.60. The average Bonchev–Trinajstić information content (AvgIpc) is 3.10. The fraction of sp³-hybridized carbons (Fsp3) is 0.625. The Morgan fingerprint density at radius 1 is 1.57 bits per heavy atom. The topological polar surface area (TPSA) is 72.9 Å². The van der Waals surface area contributed by atoms with E-state index in [1.165, 1.54) is 0 Å². The highest BCUT2D eigenvalue weighted by molar-refractivity contribution is 7.15. The first-order chi connectivity index (χ1) is 10.8. The van der Waals surface area contributed by atoms with E-state index in [0.717, 1.165) is 23.5 Å². The van der Waals surface area contributed by atoms with Crippen LogP contribution in [0.15, 0.2) is 17.8 Å². The lowest BCUT2D eigenvalue weighted by molar-refractivity contribution is 0.0286. The zero-order valence-electron chi connectivity index (χ0n) is 13.9. The standard InChI is InChI=1S/C16H24N4O2S/c1-16(2,3)22-15(21)20-5-4-11(9-20)13(17)8-12-10-19-6-7-23-14(19)18-12/h6-7,10-11,13H,4-5,8-9,17H2,1-3H3. The molecule has 1 amide bonds. The van der Waals surface area contributed by atoms with Crippen LogP contribution >= 0.6 is 11.3 Å². The monoisotopic (exact) mass is 336 g/mol. The number of rotatable bonds is 3. The molecule has 126 valence electrons. The van der Waals surface area contributed by atoms with Crippen LogP contribution in [-0.4, -0.2) is 45.1 Å². The molecule has 1 aliphatic rings. The number of ether oxygens (including phenoxy) is 1. The first-order valence-corrected chi connectivity index (χ1v) is 8.84. The van der Waals surface area contributed by atoms with Crippen LogP contribution in [0, 0.1) is 5.92 Å². The van der Waals surface area contributed by atoms with Gasteiger partial charge in [-0.1, -0.05) is 0 Å². The second kappa shape index (κ2) is 6.13. The van der Waals surface area contributed by atoms with E-state index in [-0.39, 0.29) is 12.1 Å². The maximum absolute atomic E-state index is 12.1. The molecule has 0 saturated carbocycles. The van der Waals surface area contributed by atoms with Crippen molar-refractivity contribution >= 4 is 22.4 Å². The smallest absolute Gasteiger partial charge is 0.410 e. The third-order valence-corrected chi connectivity index (χ3v) is 4.84. The van der Waals surface area contributed by atoms with E-state index in [2.05, 4.69) is 4.98 Å². The van der Waals surface area contributed by atoms with E-state index in [9.17, 15) is 4.79 Å². The highest BCUT2D eigenvalue weighted by Crippen LogP contribution is 2.23. The lowest BCUT2D eigenvalue weighted by atomic mass is 9.96. The minimum atomic E-state index is -0.459. The van der Waals surface area contributed by atoms with Crippen LogP contribution in [0.4, 0.5) is 4.79 Å². The van der Waals surface area contributed by atoms with Crippen LogP contribution in [0.3, 0.4) is 0 Å². The van der Waals surface area contributed by atoms with E-state index >= 15 is 0 Å². The Labute approximate surface area is 140 Å². The zero-order chi connectivity index (χ0) is 16.6. The number of fused-ring (bicyclic) bond motifs is 1. The molecule has 0 aromatic carbocycles. The molecule has 0 radical (unpaired) electrons. The SMILES string of the molecule is CC(C)(C)OC(=O)N1CCC(C(N)Cc2cn3ccsc3n2)C1. The molecule has 3 heterocycles. The number of likely N-dealkylation sites (tertiary alicyclic amines) is 1. The predicted octanol–water partition coefficient (Wildman–Crippen LogP) is 2.52. The number of aromatic nitrogens is 2. The number of hydrogen-bond donors (Lipinski definition) is 1. The molecule has 2 aromatic heterocycles. The van der Waals surface area contributed by atoms with Gasteiger partial charge in [-0.15, -0.1) is 11.3 Å². The van der Waals surface area contributed by atoms with E-state index in [1.807, 2.05) is 42.9 Å². The molecule has 7 heteroatoms. The van der Waals surface area contributed by atoms with Crippen molar-refractivity contribution in [2.75, 3.05) is 13.1 Å². The molecule has 0 spiro atoms. The summed E-state index contributed by atoms with van der Waals surface area (Å²) in [5.41, 5.74) is 6.92. The van der Waals surface area contributed by atoms with E-state index in [0.29, 0.717) is 19.0 Å². The largest absolute Gasteiger partial charge is 0.444 e. The van der Waals surface area contributed by atoms with Gasteiger partial charge in [0.25, 0.3) is 0 Å². The van der Waals surface area contributed by atoms with E-state index in [4.69, 9.17) is 10.5 Å². The number of carbonyl (C=O) groups is 1. The molecule has 2 N–H and O–H groups in total. The van der Waals surface area contributed by atoms with Gasteiger partial charge in [-0.05, 0) is 33.1 Å². The summed E-state index contributed by atoms with van der Waals surface area (Å²) in [6.45, 7) is 7.03. The molecule has 1 saturated heterocycles. The molecule has 2 unspecified atom stereocenters. The lowest BCUT2D eigenvalue weighted by Gasteiger charge is -2.25. The number of nitrogens with two attached hydrogens (primary N) is 1. The summed E-state index contributed by atoms with van der Waals surface area (Å²) in [7, 11) is 0. The van der Waals surface area contributed by atoms with Gasteiger partial charge in [-0.2, -0.15) is 0 Å². The Morgan fingerprint density at radius 3 is 3.04 bits per heavy atom. The molecule has 2 atom stereocenters. The summed E-state index contributed by atoms with van der Waals surface area (Å²) in [6.07, 6.45) is 5.45. The normalized spacial score (nSPS) is 20.2. The van der Waals surface area contributed by atoms with E-state index < -0.39 is 5.60 Å². The number of thiazole rings is 1. The van der Waals surface area contributed by atoms with Gasteiger partial charge < -0.3 is 15.4 Å². The fourth-order valence-electron chi connectivity index (χ4n) is 2.91. The van der Waals surface area contributed by atoms with Crippen molar-refractivity contribution in [3.63, 3.8) is 0 Å². The summed E-state index contributed by atoms with van der Waals surface area (Å²) in [5.74, 6) is 0.294. The molecular formula is C16H24N4O2S. The van der Waals surface area contributed by atoms with E-state index in [1.54, 1.807) is 16.2 Å². The number of hydrogen-bond acceptors (Lipinski definition) is 5. The van der Waals surface area contributed by atoms with Gasteiger partial charge in [0.15, 0.2) is 4.96 Å². The Morgan fingerprint density at radius 2 is 2.35 bits per heavy atom. The van der Waals surface area contributed by atoms with Crippen molar-refractivity contribution in [2.24, 2.45) is 11.7 Å². The van der Waals surface area contributed by atoms with Crippen LogP contribution < -0.4 is 5.73 Å². The second-order valence-corrected chi connectivity index (χ2v) is 8.04. The first kappa shape index (κ1) is 16.3. The number of nitrogens with zero attached hydrogens (tertiary/aromatic N) is 3. The van der Waals surface area contributed by atoms with Crippen molar-refractivity contribution < 1.29 is 9.53 Å². The minimum absolute atomic E-state index is 0.00652. The Balaban J connectivity index is 1.55. The van der Waals surface area contributed by atoms with Crippen molar-refractivity contribution in [1.29, 1.82) is 0 Å². The van der Waals surface area contributed by atoms with Gasteiger partial charge >= 0.3 is 6.09 Å². The van der Waals surface area contributed by atoms with Crippen LogP contribution in [0.25, 0.3) is 4.96 Å². The van der Waals surface area contributed by atoms with Crippen molar-refractivity contribution in [3.05, 3.63) is 23.5 Å². The minimum Gasteiger partial charge on any atom is -0.444 e. The summed E-state index contributed by atoms with van der Waals surface area (Å²) >= 11 is 1.62.